The van der Waals surface area contributed by atoms with Gasteiger partial charge in [0.2, 0.25) is 5.91 Å². The molecule has 5 rings (SSSR count). The third-order valence-corrected chi connectivity index (χ3v) is 8.04. The van der Waals surface area contributed by atoms with Gasteiger partial charge in [-0.2, -0.15) is 13.2 Å². The Morgan fingerprint density at radius 3 is 2.27 bits per heavy atom. The van der Waals surface area contributed by atoms with Crippen LogP contribution in [0.25, 0.3) is 11.0 Å². The Morgan fingerprint density at radius 1 is 0.975 bits per heavy atom. The van der Waals surface area contributed by atoms with Crippen molar-refractivity contribution in [2.75, 3.05) is 33.3 Å². The number of piperidine rings is 2. The normalized spacial score (nSPS) is 17.9. The highest BCUT2D eigenvalue weighted by atomic mass is 19.4. The van der Waals surface area contributed by atoms with Crippen LogP contribution in [-0.4, -0.2) is 69.1 Å². The third kappa shape index (κ3) is 5.77. The number of likely N-dealkylation sites (tertiary alicyclic amines) is 2. The van der Waals surface area contributed by atoms with E-state index in [-0.39, 0.29) is 23.4 Å². The van der Waals surface area contributed by atoms with Gasteiger partial charge >= 0.3 is 17.8 Å². The lowest BCUT2D eigenvalue weighted by atomic mass is 9.93. The molecule has 2 aliphatic rings. The van der Waals surface area contributed by atoms with E-state index in [0.717, 1.165) is 56.3 Å². The van der Waals surface area contributed by atoms with Gasteiger partial charge in [0, 0.05) is 44.0 Å². The number of nitrogens with zero attached hydrogens (tertiary/aromatic N) is 5. The molecule has 12 heteroatoms. The van der Waals surface area contributed by atoms with Crippen molar-refractivity contribution in [2.45, 2.75) is 51.0 Å². The molecule has 40 heavy (non-hydrogen) atoms. The van der Waals surface area contributed by atoms with E-state index in [1.165, 1.54) is 16.2 Å². The predicted octanol–water partition coefficient (Wildman–Crippen LogP) is 3.47. The van der Waals surface area contributed by atoms with Crippen LogP contribution in [0.2, 0.25) is 0 Å². The fourth-order valence-electron chi connectivity index (χ4n) is 5.84. The van der Waals surface area contributed by atoms with Gasteiger partial charge in [0.1, 0.15) is 6.54 Å². The summed E-state index contributed by atoms with van der Waals surface area (Å²) in [5.41, 5.74) is 0.0873. The van der Waals surface area contributed by atoms with Crippen molar-refractivity contribution < 1.29 is 27.5 Å². The Hall–Kier alpha value is -3.67. The minimum Gasteiger partial charge on any atom is -0.468 e. The number of carbonyl (C=O) groups is 2. The number of pyridine rings is 1. The summed E-state index contributed by atoms with van der Waals surface area (Å²) in [7, 11) is 1.16. The van der Waals surface area contributed by atoms with Crippen molar-refractivity contribution >= 4 is 22.9 Å². The number of aromatic nitrogens is 3. The number of hydrogen-bond donors (Lipinski definition) is 0. The molecule has 2 saturated heterocycles. The molecule has 4 heterocycles. The van der Waals surface area contributed by atoms with Gasteiger partial charge in [-0.05, 0) is 74.7 Å². The lowest BCUT2D eigenvalue weighted by molar-refractivity contribution is -0.141. The molecule has 1 amide bonds. The summed E-state index contributed by atoms with van der Waals surface area (Å²) >= 11 is 0. The summed E-state index contributed by atoms with van der Waals surface area (Å²) in [4.78, 5) is 46.9. The summed E-state index contributed by atoms with van der Waals surface area (Å²) in [5, 5.41) is 0. The topological polar surface area (TPSA) is 89.7 Å². The molecule has 3 aromatic rings. The number of alkyl halides is 3. The van der Waals surface area contributed by atoms with E-state index < -0.39 is 29.9 Å². The lowest BCUT2D eigenvalue weighted by Crippen LogP contribution is -2.46. The fourth-order valence-corrected chi connectivity index (χ4v) is 5.84. The van der Waals surface area contributed by atoms with Crippen LogP contribution in [0.4, 0.5) is 13.2 Å². The van der Waals surface area contributed by atoms with Crippen LogP contribution in [0.3, 0.4) is 0 Å². The highest BCUT2D eigenvalue weighted by Gasteiger charge is 2.34. The van der Waals surface area contributed by atoms with Crippen molar-refractivity contribution in [1.29, 1.82) is 0 Å². The highest BCUT2D eigenvalue weighted by molar-refractivity contribution is 5.80. The Bertz CT molecular complexity index is 1420. The average Bonchev–Trinajstić information content (AvgIpc) is 3.23. The molecule has 1 aromatic carbocycles. The number of halogens is 3. The number of hydrogen-bond acceptors (Lipinski definition) is 6. The van der Waals surface area contributed by atoms with E-state index in [1.807, 2.05) is 17.0 Å². The molecular weight excluding hydrogens is 527 g/mol. The van der Waals surface area contributed by atoms with Gasteiger partial charge in [-0.1, -0.05) is 0 Å². The molecule has 9 nitrogen and oxygen atoms in total. The van der Waals surface area contributed by atoms with Crippen LogP contribution < -0.4 is 5.69 Å². The maximum absolute atomic E-state index is 13.4. The molecule has 2 aliphatic heterocycles. The second-order valence-electron chi connectivity index (χ2n) is 10.5. The zero-order valence-corrected chi connectivity index (χ0v) is 22.3. The number of methoxy groups -OCH3 is 1. The molecule has 0 bridgehead atoms. The van der Waals surface area contributed by atoms with Gasteiger partial charge in [-0.15, -0.1) is 0 Å². The van der Waals surface area contributed by atoms with Gasteiger partial charge in [0.05, 0.1) is 23.7 Å². The van der Waals surface area contributed by atoms with Crippen LogP contribution in [0.15, 0.2) is 47.5 Å². The van der Waals surface area contributed by atoms with E-state index in [9.17, 15) is 27.6 Å². The summed E-state index contributed by atoms with van der Waals surface area (Å²) in [6.07, 6.45) is 1.51. The molecule has 0 radical (unpaired) electrons. The van der Waals surface area contributed by atoms with E-state index in [2.05, 4.69) is 14.6 Å². The summed E-state index contributed by atoms with van der Waals surface area (Å²) < 4.78 is 47.4. The largest absolute Gasteiger partial charge is 0.468 e. The number of esters is 1. The summed E-state index contributed by atoms with van der Waals surface area (Å²) in [5.74, 6) is -0.654. The van der Waals surface area contributed by atoms with E-state index in [1.54, 1.807) is 12.4 Å². The standard InChI is InChI=1S/C28H32F3N5O4/c1-40-25(37)18-35-24-16-21(28(29,30)31)2-3-23(24)36(27(35)39)22-8-14-34(15-9-22)26(38)20-6-12-33(13-7-20)17-19-4-10-32-11-5-19/h2-5,10-11,16,20,22H,6-9,12-15,17-18H2,1H3. The minimum absolute atomic E-state index is 0.0299. The first kappa shape index (κ1) is 27.9. The first-order chi connectivity index (χ1) is 19.2. The second kappa shape index (κ2) is 11.4. The number of carbonyl (C=O) groups excluding carboxylic acids is 2. The van der Waals surface area contributed by atoms with Gasteiger partial charge in [0.25, 0.3) is 0 Å². The van der Waals surface area contributed by atoms with Crippen molar-refractivity contribution in [1.82, 2.24) is 23.9 Å². The lowest BCUT2D eigenvalue weighted by Gasteiger charge is -2.37. The van der Waals surface area contributed by atoms with E-state index in [0.29, 0.717) is 31.4 Å². The van der Waals surface area contributed by atoms with Gasteiger partial charge in [-0.3, -0.25) is 28.6 Å². The zero-order chi connectivity index (χ0) is 28.4. The van der Waals surface area contributed by atoms with E-state index >= 15 is 0 Å². The Labute approximate surface area is 229 Å². The summed E-state index contributed by atoms with van der Waals surface area (Å²) in [6.45, 7) is 2.93. The van der Waals surface area contributed by atoms with Crippen molar-refractivity contribution in [3.8, 4) is 0 Å². The number of benzene rings is 1. The van der Waals surface area contributed by atoms with Crippen LogP contribution in [0.5, 0.6) is 0 Å². The Morgan fingerprint density at radius 2 is 1.65 bits per heavy atom. The van der Waals surface area contributed by atoms with Crippen LogP contribution >= 0.6 is 0 Å². The molecule has 0 saturated carbocycles. The molecule has 0 N–H and O–H groups in total. The minimum atomic E-state index is -4.59. The Balaban J connectivity index is 1.26. The SMILES string of the molecule is COC(=O)Cn1c(=O)n(C2CCN(C(=O)C3CCN(Cc4ccncc4)CC3)CC2)c2ccc(C(F)(F)F)cc21. The van der Waals surface area contributed by atoms with Crippen molar-refractivity contribution in [3.63, 3.8) is 0 Å². The molecule has 0 unspecified atom stereocenters. The van der Waals surface area contributed by atoms with Gasteiger partial charge in [-0.25, -0.2) is 4.79 Å². The number of imidazole rings is 1. The molecular formula is C28H32F3N5O4. The predicted molar refractivity (Wildman–Crippen MR) is 140 cm³/mol. The average molecular weight is 560 g/mol. The molecule has 0 atom stereocenters. The van der Waals surface area contributed by atoms with E-state index in [4.69, 9.17) is 0 Å². The zero-order valence-electron chi connectivity index (χ0n) is 22.3. The monoisotopic (exact) mass is 559 g/mol. The second-order valence-corrected chi connectivity index (χ2v) is 10.5. The number of ether oxygens (including phenoxy) is 1. The quantitative estimate of drug-likeness (QED) is 0.430. The summed E-state index contributed by atoms with van der Waals surface area (Å²) in [6, 6.07) is 6.81. The molecule has 214 valence electrons. The molecule has 0 aliphatic carbocycles. The van der Waals surface area contributed by atoms with Gasteiger partial charge in [0.15, 0.2) is 0 Å². The Kier molecular flexibility index (Phi) is 7.97. The van der Waals surface area contributed by atoms with Gasteiger partial charge < -0.3 is 9.64 Å². The van der Waals surface area contributed by atoms with Crippen LogP contribution in [0.1, 0.15) is 42.9 Å². The van der Waals surface area contributed by atoms with Crippen molar-refractivity contribution in [2.24, 2.45) is 5.92 Å². The third-order valence-electron chi connectivity index (χ3n) is 8.04. The smallest absolute Gasteiger partial charge is 0.416 e. The van der Waals surface area contributed by atoms with Crippen molar-refractivity contribution in [3.05, 3.63) is 64.3 Å². The number of fused-ring (bicyclic) bond motifs is 1. The maximum Gasteiger partial charge on any atom is 0.416 e. The highest BCUT2D eigenvalue weighted by Crippen LogP contribution is 2.33. The van der Waals surface area contributed by atoms with Crippen LogP contribution in [0, 0.1) is 5.92 Å². The number of amides is 1. The molecule has 0 spiro atoms. The first-order valence-electron chi connectivity index (χ1n) is 13.4. The number of rotatable bonds is 6. The maximum atomic E-state index is 13.4. The molecule has 2 fully saturated rings. The molecule has 2 aromatic heterocycles. The first-order valence-corrected chi connectivity index (χ1v) is 13.4. The fraction of sp³-hybridized carbons (Fsp3) is 0.500. The van der Waals surface area contributed by atoms with Crippen LogP contribution in [-0.2, 0) is 33.6 Å².